The Bertz CT molecular complexity index is 470. The van der Waals surface area contributed by atoms with Crippen LogP contribution in [0.25, 0.3) is 10.1 Å². The van der Waals surface area contributed by atoms with E-state index in [9.17, 15) is 4.79 Å². The lowest BCUT2D eigenvalue weighted by molar-refractivity contribution is 1.70. The van der Waals surface area contributed by atoms with Gasteiger partial charge in [-0.3, -0.25) is 4.79 Å². The van der Waals surface area contributed by atoms with Gasteiger partial charge in [0.2, 0.25) is 0 Å². The van der Waals surface area contributed by atoms with Crippen LogP contribution in [0.15, 0.2) is 34.4 Å². The number of benzene rings is 1. The first-order valence-electron chi connectivity index (χ1n) is 3.55. The van der Waals surface area contributed by atoms with Crippen LogP contribution in [0.3, 0.4) is 0 Å². The van der Waals surface area contributed by atoms with Gasteiger partial charge in [-0.15, -0.1) is 11.3 Å². The highest BCUT2D eigenvalue weighted by Gasteiger charge is 1.99. The Morgan fingerprint density at radius 2 is 2.08 bits per heavy atom. The van der Waals surface area contributed by atoms with Gasteiger partial charge < -0.3 is 5.73 Å². The predicted molar refractivity (Wildman–Crippen MR) is 52.5 cm³/mol. The molecule has 2 N–H and O–H groups in total. The number of hydrogen-bond acceptors (Lipinski definition) is 3. The second-order valence-electron chi connectivity index (χ2n) is 2.51. The summed E-state index contributed by atoms with van der Waals surface area (Å²) in [6, 6.07) is 7.05. The first-order chi connectivity index (χ1) is 5.79. The van der Waals surface area contributed by atoms with E-state index in [-0.39, 0.29) is 5.43 Å². The Labute approximate surface area is 73.3 Å². The zero-order valence-corrected chi connectivity index (χ0v) is 7.10. The highest BCUT2D eigenvalue weighted by molar-refractivity contribution is 7.16. The Morgan fingerprint density at radius 1 is 1.25 bits per heavy atom. The van der Waals surface area contributed by atoms with Crippen molar-refractivity contribution in [2.24, 2.45) is 0 Å². The highest BCUT2D eigenvalue weighted by Crippen LogP contribution is 2.19. The number of nitrogens with two attached hydrogens (primary N) is 1. The summed E-state index contributed by atoms with van der Waals surface area (Å²) in [5, 5.41) is 2.43. The molecular weight excluding hydrogens is 170 g/mol. The molecule has 0 aliphatic heterocycles. The summed E-state index contributed by atoms with van der Waals surface area (Å²) in [6.45, 7) is 0. The van der Waals surface area contributed by atoms with E-state index in [1.54, 1.807) is 17.5 Å². The van der Waals surface area contributed by atoms with Gasteiger partial charge in [-0.1, -0.05) is 6.07 Å². The molecule has 3 heteroatoms. The molecule has 0 unspecified atom stereocenters. The van der Waals surface area contributed by atoms with E-state index in [0.29, 0.717) is 11.1 Å². The third-order valence-corrected chi connectivity index (χ3v) is 2.59. The lowest BCUT2D eigenvalue weighted by atomic mass is 10.2. The van der Waals surface area contributed by atoms with E-state index in [2.05, 4.69) is 0 Å². The van der Waals surface area contributed by atoms with Crippen LogP contribution in [0.5, 0.6) is 0 Å². The van der Waals surface area contributed by atoms with Crippen LogP contribution < -0.4 is 11.2 Å². The summed E-state index contributed by atoms with van der Waals surface area (Å²) >= 11 is 1.53. The summed E-state index contributed by atoms with van der Waals surface area (Å²) in [7, 11) is 0. The molecule has 0 radical (unpaired) electrons. The van der Waals surface area contributed by atoms with Crippen LogP contribution in [-0.4, -0.2) is 0 Å². The quantitative estimate of drug-likeness (QED) is 0.624. The van der Waals surface area contributed by atoms with Crippen molar-refractivity contribution in [3.8, 4) is 0 Å². The van der Waals surface area contributed by atoms with Gasteiger partial charge in [0.05, 0.1) is 5.39 Å². The van der Waals surface area contributed by atoms with Gasteiger partial charge in [0.25, 0.3) is 0 Å². The van der Waals surface area contributed by atoms with Crippen molar-refractivity contribution >= 4 is 27.1 Å². The fourth-order valence-corrected chi connectivity index (χ4v) is 1.99. The van der Waals surface area contributed by atoms with E-state index in [1.165, 1.54) is 11.3 Å². The van der Waals surface area contributed by atoms with Crippen molar-refractivity contribution in [2.75, 3.05) is 5.73 Å². The van der Waals surface area contributed by atoms with Crippen LogP contribution in [0.1, 0.15) is 0 Å². The van der Waals surface area contributed by atoms with Crippen LogP contribution in [0.2, 0.25) is 0 Å². The molecule has 0 amide bonds. The Hall–Kier alpha value is -1.35. The molecule has 12 heavy (non-hydrogen) atoms. The largest absolute Gasteiger partial charge is 0.398 e. The van der Waals surface area contributed by atoms with Crippen molar-refractivity contribution in [1.82, 2.24) is 0 Å². The minimum atomic E-state index is 0.00171. The molecule has 0 spiro atoms. The van der Waals surface area contributed by atoms with Crippen molar-refractivity contribution in [3.05, 3.63) is 39.9 Å². The third-order valence-electron chi connectivity index (χ3n) is 1.72. The molecule has 0 saturated heterocycles. The Balaban J connectivity index is 3.07. The van der Waals surface area contributed by atoms with Crippen LogP contribution in [0, 0.1) is 0 Å². The predicted octanol–water partition coefficient (Wildman–Crippen LogP) is 1.84. The molecule has 2 rings (SSSR count). The molecule has 0 fully saturated rings. The maximum absolute atomic E-state index is 11.3. The lowest BCUT2D eigenvalue weighted by Gasteiger charge is -1.97. The molecule has 0 bridgehead atoms. The molecule has 1 aromatic heterocycles. The average Bonchev–Trinajstić information content (AvgIpc) is 2.04. The van der Waals surface area contributed by atoms with Crippen molar-refractivity contribution in [3.63, 3.8) is 0 Å². The molecule has 1 heterocycles. The normalized spacial score (nSPS) is 10.3. The molecular formula is C9H7NOS. The molecule has 0 aliphatic carbocycles. The van der Waals surface area contributed by atoms with E-state index < -0.39 is 0 Å². The van der Waals surface area contributed by atoms with E-state index in [0.717, 1.165) is 4.70 Å². The van der Waals surface area contributed by atoms with Gasteiger partial charge in [-0.05, 0) is 23.6 Å². The zero-order chi connectivity index (χ0) is 8.55. The number of anilines is 1. The summed E-state index contributed by atoms with van der Waals surface area (Å²) in [5.41, 5.74) is 6.23. The van der Waals surface area contributed by atoms with Crippen molar-refractivity contribution in [1.29, 1.82) is 0 Å². The minimum Gasteiger partial charge on any atom is -0.398 e. The van der Waals surface area contributed by atoms with Gasteiger partial charge >= 0.3 is 0 Å². The zero-order valence-electron chi connectivity index (χ0n) is 6.28. The maximum atomic E-state index is 11.3. The van der Waals surface area contributed by atoms with E-state index in [1.807, 2.05) is 12.1 Å². The third kappa shape index (κ3) is 0.987. The molecule has 2 nitrogen and oxygen atoms in total. The summed E-state index contributed by atoms with van der Waals surface area (Å²) in [5.74, 6) is 0. The topological polar surface area (TPSA) is 43.1 Å². The summed E-state index contributed by atoms with van der Waals surface area (Å²) < 4.78 is 0.947. The molecule has 60 valence electrons. The van der Waals surface area contributed by atoms with Crippen molar-refractivity contribution < 1.29 is 0 Å². The smallest absolute Gasteiger partial charge is 0.190 e. The highest BCUT2D eigenvalue weighted by atomic mass is 32.1. The molecule has 2 aromatic rings. The number of nitrogen functional groups attached to an aromatic ring is 1. The molecule has 1 aromatic carbocycles. The Morgan fingerprint density at radius 3 is 2.83 bits per heavy atom. The number of rotatable bonds is 0. The average molecular weight is 177 g/mol. The van der Waals surface area contributed by atoms with Gasteiger partial charge in [0.1, 0.15) is 0 Å². The van der Waals surface area contributed by atoms with E-state index >= 15 is 0 Å². The summed E-state index contributed by atoms with van der Waals surface area (Å²) in [4.78, 5) is 11.3. The molecule has 0 atom stereocenters. The van der Waals surface area contributed by atoms with Gasteiger partial charge in [0, 0.05) is 10.4 Å². The van der Waals surface area contributed by atoms with Crippen LogP contribution in [-0.2, 0) is 0 Å². The Kier molecular flexibility index (Phi) is 1.59. The van der Waals surface area contributed by atoms with Gasteiger partial charge in [0.15, 0.2) is 5.43 Å². The SMILES string of the molecule is Nc1cccc2sccc(=O)c12. The first kappa shape index (κ1) is 7.31. The summed E-state index contributed by atoms with van der Waals surface area (Å²) in [6.07, 6.45) is 0. The fourth-order valence-electron chi connectivity index (χ4n) is 1.16. The van der Waals surface area contributed by atoms with Crippen LogP contribution >= 0.6 is 11.3 Å². The monoisotopic (exact) mass is 177 g/mol. The fraction of sp³-hybridized carbons (Fsp3) is 0. The van der Waals surface area contributed by atoms with E-state index in [4.69, 9.17) is 5.73 Å². The standard InChI is InChI=1S/C9H7NOS/c10-6-2-1-3-8-9(6)7(11)4-5-12-8/h1-5H,10H2. The van der Waals surface area contributed by atoms with Gasteiger partial charge in [-0.2, -0.15) is 0 Å². The minimum absolute atomic E-state index is 0.00171. The molecule has 0 saturated carbocycles. The van der Waals surface area contributed by atoms with Gasteiger partial charge in [-0.25, -0.2) is 0 Å². The first-order valence-corrected chi connectivity index (χ1v) is 4.43. The maximum Gasteiger partial charge on any atom is 0.190 e. The van der Waals surface area contributed by atoms with Crippen molar-refractivity contribution in [2.45, 2.75) is 0 Å². The molecule has 0 aliphatic rings. The number of hydrogen-bond donors (Lipinski definition) is 1. The second-order valence-corrected chi connectivity index (χ2v) is 3.45. The number of fused-ring (bicyclic) bond motifs is 1. The lowest BCUT2D eigenvalue weighted by Crippen LogP contribution is -2.00. The van der Waals surface area contributed by atoms with Crippen LogP contribution in [0.4, 0.5) is 5.69 Å². The second kappa shape index (κ2) is 2.60.